The average Bonchev–Trinajstić information content (AvgIpc) is 2.37. The van der Waals surface area contributed by atoms with Crippen LogP contribution in [0.25, 0.3) is 0 Å². The Bertz CT molecular complexity index is 422. The maximum Gasteiger partial charge on any atom is 0.376 e. The van der Waals surface area contributed by atoms with E-state index in [0.29, 0.717) is 18.3 Å². The van der Waals surface area contributed by atoms with Crippen molar-refractivity contribution < 1.29 is 9.53 Å². The van der Waals surface area contributed by atoms with Crippen LogP contribution in [0.3, 0.4) is 0 Å². The SMILES string of the molecule is COC(=O)c1nccc(NC(C)(CN)C(C)C)n1. The minimum absolute atomic E-state index is 0.0330. The maximum absolute atomic E-state index is 11.3. The molecular formula is C12H20N4O2. The highest BCUT2D eigenvalue weighted by Crippen LogP contribution is 2.20. The van der Waals surface area contributed by atoms with Gasteiger partial charge in [0.25, 0.3) is 0 Å². The number of nitrogens with zero attached hydrogens (tertiary/aromatic N) is 2. The van der Waals surface area contributed by atoms with Gasteiger partial charge in [0.1, 0.15) is 5.82 Å². The summed E-state index contributed by atoms with van der Waals surface area (Å²) in [7, 11) is 1.30. The molecule has 0 radical (unpaired) electrons. The molecule has 3 N–H and O–H groups in total. The number of ether oxygens (including phenoxy) is 1. The second-order valence-electron chi connectivity index (χ2n) is 4.66. The van der Waals surface area contributed by atoms with Crippen molar-refractivity contribution in [1.29, 1.82) is 0 Å². The molecule has 0 bridgehead atoms. The normalized spacial score (nSPS) is 14.1. The van der Waals surface area contributed by atoms with Gasteiger partial charge in [-0.15, -0.1) is 0 Å². The second-order valence-corrected chi connectivity index (χ2v) is 4.66. The van der Waals surface area contributed by atoms with Crippen LogP contribution in [0.4, 0.5) is 5.82 Å². The van der Waals surface area contributed by atoms with E-state index >= 15 is 0 Å². The summed E-state index contributed by atoms with van der Waals surface area (Å²) in [5.41, 5.74) is 5.49. The van der Waals surface area contributed by atoms with Crippen molar-refractivity contribution in [2.45, 2.75) is 26.3 Å². The zero-order chi connectivity index (χ0) is 13.8. The highest BCUT2D eigenvalue weighted by atomic mass is 16.5. The highest BCUT2D eigenvalue weighted by molar-refractivity contribution is 5.85. The van der Waals surface area contributed by atoms with Crippen LogP contribution in [-0.4, -0.2) is 35.1 Å². The topological polar surface area (TPSA) is 90.1 Å². The summed E-state index contributed by atoms with van der Waals surface area (Å²) in [4.78, 5) is 19.3. The smallest absolute Gasteiger partial charge is 0.376 e. The van der Waals surface area contributed by atoms with Crippen LogP contribution < -0.4 is 11.1 Å². The summed E-state index contributed by atoms with van der Waals surface area (Å²) in [6.45, 7) is 6.62. The van der Waals surface area contributed by atoms with Crippen LogP contribution in [0, 0.1) is 5.92 Å². The first-order chi connectivity index (χ1) is 8.42. The van der Waals surface area contributed by atoms with Crippen molar-refractivity contribution in [3.05, 3.63) is 18.1 Å². The van der Waals surface area contributed by atoms with E-state index in [1.807, 2.05) is 6.92 Å². The number of anilines is 1. The maximum atomic E-state index is 11.3. The molecule has 0 aliphatic heterocycles. The van der Waals surface area contributed by atoms with Gasteiger partial charge in [0.15, 0.2) is 0 Å². The molecule has 0 fully saturated rings. The van der Waals surface area contributed by atoms with Gasteiger partial charge in [-0.25, -0.2) is 14.8 Å². The van der Waals surface area contributed by atoms with Crippen LogP contribution in [0.15, 0.2) is 12.3 Å². The zero-order valence-electron chi connectivity index (χ0n) is 11.2. The Morgan fingerprint density at radius 3 is 2.78 bits per heavy atom. The molecule has 1 aromatic heterocycles. The van der Waals surface area contributed by atoms with Crippen molar-refractivity contribution >= 4 is 11.8 Å². The fourth-order valence-electron chi connectivity index (χ4n) is 1.34. The van der Waals surface area contributed by atoms with Gasteiger partial charge in [0.05, 0.1) is 12.6 Å². The molecule has 6 heteroatoms. The molecule has 1 heterocycles. The summed E-state index contributed by atoms with van der Waals surface area (Å²) in [6, 6.07) is 1.70. The standard InChI is InChI=1S/C12H20N4O2/c1-8(2)12(3,7-13)16-9-5-6-14-10(15-9)11(17)18-4/h5-6,8H,7,13H2,1-4H3,(H,14,15,16). The molecule has 100 valence electrons. The van der Waals surface area contributed by atoms with Crippen molar-refractivity contribution in [3.8, 4) is 0 Å². The van der Waals surface area contributed by atoms with Gasteiger partial charge < -0.3 is 15.8 Å². The molecule has 1 aromatic rings. The summed E-state index contributed by atoms with van der Waals surface area (Å²) >= 11 is 0. The van der Waals surface area contributed by atoms with Gasteiger partial charge in [-0.2, -0.15) is 0 Å². The van der Waals surface area contributed by atoms with Gasteiger partial charge in [0, 0.05) is 12.7 Å². The number of nitrogens with two attached hydrogens (primary N) is 1. The molecule has 0 saturated carbocycles. The minimum atomic E-state index is -0.558. The number of carbonyl (C=O) groups excluding carboxylic acids is 1. The fourth-order valence-corrected chi connectivity index (χ4v) is 1.34. The van der Waals surface area contributed by atoms with Crippen molar-refractivity contribution in [2.75, 3.05) is 19.0 Å². The molecule has 0 aliphatic carbocycles. The van der Waals surface area contributed by atoms with Crippen LogP contribution in [0.1, 0.15) is 31.4 Å². The summed E-state index contributed by atoms with van der Waals surface area (Å²) in [6.07, 6.45) is 1.51. The molecule has 0 amide bonds. The Labute approximate surface area is 107 Å². The summed E-state index contributed by atoms with van der Waals surface area (Å²) < 4.78 is 4.58. The Kier molecular flexibility index (Phi) is 4.61. The number of esters is 1. The van der Waals surface area contributed by atoms with E-state index in [1.165, 1.54) is 13.3 Å². The molecule has 0 saturated heterocycles. The monoisotopic (exact) mass is 252 g/mol. The number of methoxy groups -OCH3 is 1. The van der Waals surface area contributed by atoms with Gasteiger partial charge in [-0.05, 0) is 18.9 Å². The lowest BCUT2D eigenvalue weighted by Crippen LogP contribution is -2.47. The van der Waals surface area contributed by atoms with E-state index in [4.69, 9.17) is 5.73 Å². The predicted octanol–water partition coefficient (Wildman–Crippen LogP) is 1.05. The molecular weight excluding hydrogens is 232 g/mol. The summed E-state index contributed by atoms with van der Waals surface area (Å²) in [5, 5.41) is 3.24. The number of hydrogen-bond acceptors (Lipinski definition) is 6. The van der Waals surface area contributed by atoms with Gasteiger partial charge in [-0.1, -0.05) is 13.8 Å². The number of carbonyl (C=O) groups is 1. The molecule has 1 unspecified atom stereocenters. The van der Waals surface area contributed by atoms with Crippen molar-refractivity contribution in [2.24, 2.45) is 11.7 Å². The van der Waals surface area contributed by atoms with E-state index in [0.717, 1.165) is 0 Å². The number of hydrogen-bond donors (Lipinski definition) is 2. The molecule has 6 nitrogen and oxygen atoms in total. The first kappa shape index (κ1) is 14.4. The largest absolute Gasteiger partial charge is 0.463 e. The quantitative estimate of drug-likeness (QED) is 0.761. The lowest BCUT2D eigenvalue weighted by Gasteiger charge is -2.34. The van der Waals surface area contributed by atoms with Gasteiger partial charge >= 0.3 is 5.97 Å². The van der Waals surface area contributed by atoms with E-state index in [2.05, 4.69) is 33.9 Å². The summed E-state index contributed by atoms with van der Waals surface area (Å²) in [5.74, 6) is 0.356. The first-order valence-electron chi connectivity index (χ1n) is 5.82. The van der Waals surface area contributed by atoms with Crippen LogP contribution in [-0.2, 0) is 4.74 Å². The predicted molar refractivity (Wildman–Crippen MR) is 69.3 cm³/mol. The van der Waals surface area contributed by atoms with E-state index in [-0.39, 0.29) is 11.4 Å². The van der Waals surface area contributed by atoms with E-state index < -0.39 is 5.97 Å². The third-order valence-corrected chi connectivity index (χ3v) is 3.14. The van der Waals surface area contributed by atoms with Gasteiger partial charge in [0.2, 0.25) is 5.82 Å². The van der Waals surface area contributed by atoms with Crippen molar-refractivity contribution in [3.63, 3.8) is 0 Å². The lowest BCUT2D eigenvalue weighted by molar-refractivity contribution is 0.0587. The lowest BCUT2D eigenvalue weighted by atomic mass is 9.88. The minimum Gasteiger partial charge on any atom is -0.463 e. The Morgan fingerprint density at radius 1 is 1.61 bits per heavy atom. The third-order valence-electron chi connectivity index (χ3n) is 3.14. The van der Waals surface area contributed by atoms with Gasteiger partial charge in [-0.3, -0.25) is 0 Å². The zero-order valence-corrected chi connectivity index (χ0v) is 11.2. The Balaban J connectivity index is 2.94. The van der Waals surface area contributed by atoms with E-state index in [9.17, 15) is 4.79 Å². The third kappa shape index (κ3) is 3.16. The molecule has 0 spiro atoms. The second kappa shape index (κ2) is 5.77. The molecule has 0 aliphatic rings. The Morgan fingerprint density at radius 2 is 2.28 bits per heavy atom. The van der Waals surface area contributed by atoms with E-state index in [1.54, 1.807) is 6.07 Å². The number of rotatable bonds is 5. The van der Waals surface area contributed by atoms with Crippen molar-refractivity contribution in [1.82, 2.24) is 9.97 Å². The number of nitrogens with one attached hydrogen (secondary N) is 1. The first-order valence-corrected chi connectivity index (χ1v) is 5.82. The molecule has 1 atom stereocenters. The highest BCUT2D eigenvalue weighted by Gasteiger charge is 2.27. The fraction of sp³-hybridized carbons (Fsp3) is 0.583. The molecule has 18 heavy (non-hydrogen) atoms. The Hall–Kier alpha value is -1.69. The molecule has 1 rings (SSSR count). The van der Waals surface area contributed by atoms with Crippen LogP contribution >= 0.6 is 0 Å². The van der Waals surface area contributed by atoms with Crippen LogP contribution in [0.5, 0.6) is 0 Å². The van der Waals surface area contributed by atoms with Crippen LogP contribution in [0.2, 0.25) is 0 Å². The molecule has 0 aromatic carbocycles. The average molecular weight is 252 g/mol. The number of aromatic nitrogens is 2.